The molecule has 2 heterocycles. The monoisotopic (exact) mass is 308 g/mol. The largest absolute Gasteiger partial charge is 0.389 e. The average Bonchev–Trinajstić information content (AvgIpc) is 3.08. The molecule has 0 spiro atoms. The molecular formula is C15H20N2OS2. The van der Waals surface area contributed by atoms with Gasteiger partial charge in [-0.3, -0.25) is 4.90 Å². The Kier molecular flexibility index (Phi) is 4.21. The third-order valence-electron chi connectivity index (χ3n) is 3.81. The molecule has 0 aromatic carbocycles. The van der Waals surface area contributed by atoms with Gasteiger partial charge in [0.1, 0.15) is 5.01 Å². The molecule has 1 fully saturated rings. The first-order chi connectivity index (χ1) is 9.65. The van der Waals surface area contributed by atoms with Gasteiger partial charge in [0.2, 0.25) is 0 Å². The maximum atomic E-state index is 10.4. The zero-order chi connectivity index (χ0) is 14.0. The van der Waals surface area contributed by atoms with Gasteiger partial charge in [0.15, 0.2) is 0 Å². The van der Waals surface area contributed by atoms with Gasteiger partial charge in [0, 0.05) is 18.5 Å². The second-order valence-corrected chi connectivity index (χ2v) is 7.53. The van der Waals surface area contributed by atoms with E-state index in [0.29, 0.717) is 0 Å². The molecule has 1 aliphatic carbocycles. The van der Waals surface area contributed by atoms with Gasteiger partial charge in [-0.2, -0.15) is 0 Å². The molecule has 0 saturated heterocycles. The summed E-state index contributed by atoms with van der Waals surface area (Å²) in [4.78, 5) is 8.12. The maximum absolute atomic E-state index is 10.4. The molecule has 2 aromatic rings. The molecule has 0 amide bonds. The third-order valence-corrected chi connectivity index (χ3v) is 5.74. The maximum Gasteiger partial charge on any atom is 0.133 e. The highest BCUT2D eigenvalue weighted by atomic mass is 32.1. The van der Waals surface area contributed by atoms with E-state index in [2.05, 4.69) is 34.8 Å². The first kappa shape index (κ1) is 14.2. The Bertz CT molecular complexity index is 544. The summed E-state index contributed by atoms with van der Waals surface area (Å²) in [5, 5.41) is 15.7. The minimum atomic E-state index is -0.471. The summed E-state index contributed by atoms with van der Waals surface area (Å²) in [6, 6.07) is 4.17. The minimum Gasteiger partial charge on any atom is -0.389 e. The Morgan fingerprint density at radius 3 is 2.85 bits per heavy atom. The van der Waals surface area contributed by atoms with Crippen LogP contribution in [0.2, 0.25) is 0 Å². The quantitative estimate of drug-likeness (QED) is 0.916. The molecule has 3 rings (SSSR count). The van der Waals surface area contributed by atoms with Gasteiger partial charge in [-0.25, -0.2) is 4.98 Å². The normalized spacial score (nSPS) is 17.9. The summed E-state index contributed by atoms with van der Waals surface area (Å²) in [6.07, 6.45) is 4.19. The van der Waals surface area contributed by atoms with Crippen LogP contribution in [0.5, 0.6) is 0 Å². The Morgan fingerprint density at radius 2 is 2.15 bits per heavy atom. The number of thiophene rings is 1. The lowest BCUT2D eigenvalue weighted by molar-refractivity contribution is 0.0143. The van der Waals surface area contributed by atoms with Crippen LogP contribution in [0.25, 0.3) is 9.88 Å². The van der Waals surface area contributed by atoms with Crippen molar-refractivity contribution in [2.75, 3.05) is 13.6 Å². The van der Waals surface area contributed by atoms with Crippen molar-refractivity contribution < 1.29 is 5.11 Å². The van der Waals surface area contributed by atoms with E-state index in [1.807, 2.05) is 0 Å². The zero-order valence-corrected chi connectivity index (χ0v) is 13.3. The van der Waals surface area contributed by atoms with E-state index >= 15 is 0 Å². The van der Waals surface area contributed by atoms with Crippen LogP contribution >= 0.6 is 22.7 Å². The van der Waals surface area contributed by atoms with Crippen molar-refractivity contribution in [3.63, 3.8) is 0 Å². The Balaban J connectivity index is 1.60. The van der Waals surface area contributed by atoms with Crippen LogP contribution < -0.4 is 0 Å². The zero-order valence-electron chi connectivity index (χ0n) is 11.7. The molecule has 5 heteroatoms. The predicted octanol–water partition coefficient (Wildman–Crippen LogP) is 3.61. The molecule has 2 aromatic heterocycles. The molecule has 0 bridgehead atoms. The van der Waals surface area contributed by atoms with E-state index < -0.39 is 5.60 Å². The van der Waals surface area contributed by atoms with Crippen molar-refractivity contribution >= 4 is 22.7 Å². The molecule has 0 unspecified atom stereocenters. The van der Waals surface area contributed by atoms with Crippen LogP contribution in [0.15, 0.2) is 22.9 Å². The molecule has 0 atom stereocenters. The van der Waals surface area contributed by atoms with Crippen molar-refractivity contribution in [2.24, 2.45) is 0 Å². The summed E-state index contributed by atoms with van der Waals surface area (Å²) >= 11 is 3.43. The van der Waals surface area contributed by atoms with E-state index in [1.54, 1.807) is 22.7 Å². The van der Waals surface area contributed by atoms with Crippen molar-refractivity contribution in [3.05, 3.63) is 28.6 Å². The first-order valence-corrected chi connectivity index (χ1v) is 8.80. The molecule has 0 radical (unpaired) electrons. The number of thiazole rings is 1. The van der Waals surface area contributed by atoms with Crippen molar-refractivity contribution in [2.45, 2.75) is 37.8 Å². The van der Waals surface area contributed by atoms with Gasteiger partial charge in [-0.1, -0.05) is 18.9 Å². The van der Waals surface area contributed by atoms with Crippen LogP contribution in [0.3, 0.4) is 0 Å². The lowest BCUT2D eigenvalue weighted by Crippen LogP contribution is -2.38. The molecule has 108 valence electrons. The van der Waals surface area contributed by atoms with Gasteiger partial charge in [0.05, 0.1) is 16.2 Å². The lowest BCUT2D eigenvalue weighted by Gasteiger charge is -2.28. The average molecular weight is 308 g/mol. The van der Waals surface area contributed by atoms with Crippen LogP contribution in [0.1, 0.15) is 31.4 Å². The van der Waals surface area contributed by atoms with E-state index in [-0.39, 0.29) is 0 Å². The number of hydrogen-bond donors (Lipinski definition) is 1. The molecular weight excluding hydrogens is 288 g/mol. The molecule has 1 saturated carbocycles. The molecule has 0 aliphatic heterocycles. The van der Waals surface area contributed by atoms with Crippen LogP contribution in [-0.4, -0.2) is 34.2 Å². The molecule has 3 nitrogen and oxygen atoms in total. The van der Waals surface area contributed by atoms with Crippen molar-refractivity contribution in [3.8, 4) is 9.88 Å². The number of hydrogen-bond acceptors (Lipinski definition) is 5. The van der Waals surface area contributed by atoms with Crippen LogP contribution in [0.4, 0.5) is 0 Å². The Labute approximate surface area is 127 Å². The predicted molar refractivity (Wildman–Crippen MR) is 85.2 cm³/mol. The second-order valence-electron chi connectivity index (χ2n) is 5.73. The number of aromatic nitrogens is 1. The molecule has 1 aliphatic rings. The fourth-order valence-corrected chi connectivity index (χ4v) is 4.54. The van der Waals surface area contributed by atoms with Crippen molar-refractivity contribution in [1.82, 2.24) is 9.88 Å². The highest BCUT2D eigenvalue weighted by molar-refractivity contribution is 7.20. The van der Waals surface area contributed by atoms with E-state index in [9.17, 15) is 5.11 Å². The second kappa shape index (κ2) is 5.93. The lowest BCUT2D eigenvalue weighted by atomic mass is 10.0. The Morgan fingerprint density at radius 1 is 1.35 bits per heavy atom. The summed E-state index contributed by atoms with van der Waals surface area (Å²) in [5.41, 5.74) is 0.629. The van der Waals surface area contributed by atoms with Gasteiger partial charge < -0.3 is 5.11 Å². The van der Waals surface area contributed by atoms with E-state index in [0.717, 1.165) is 49.5 Å². The summed E-state index contributed by atoms with van der Waals surface area (Å²) < 4.78 is 0. The smallest absolute Gasteiger partial charge is 0.133 e. The number of nitrogens with zero attached hydrogens (tertiary/aromatic N) is 2. The van der Waals surface area contributed by atoms with E-state index in [4.69, 9.17) is 4.98 Å². The van der Waals surface area contributed by atoms with E-state index in [1.165, 1.54) is 4.88 Å². The molecule has 1 N–H and O–H groups in total. The van der Waals surface area contributed by atoms with Gasteiger partial charge >= 0.3 is 0 Å². The summed E-state index contributed by atoms with van der Waals surface area (Å²) in [6.45, 7) is 1.56. The van der Waals surface area contributed by atoms with Crippen LogP contribution in [0, 0.1) is 0 Å². The Hall–Kier alpha value is -0.750. The highest BCUT2D eigenvalue weighted by Gasteiger charge is 2.32. The third kappa shape index (κ3) is 3.28. The standard InChI is InChI=1S/C15H20N2OS2/c1-17(11-15(18)6-2-3-7-15)9-12-10-20-14(16-12)13-5-4-8-19-13/h4-5,8,10,18H,2-3,6-7,9,11H2,1H3. The van der Waals surface area contributed by atoms with Crippen LogP contribution in [-0.2, 0) is 6.54 Å². The minimum absolute atomic E-state index is 0.471. The highest BCUT2D eigenvalue weighted by Crippen LogP contribution is 2.31. The summed E-state index contributed by atoms with van der Waals surface area (Å²) in [7, 11) is 2.07. The fourth-order valence-electron chi connectivity index (χ4n) is 2.92. The summed E-state index contributed by atoms with van der Waals surface area (Å²) in [5.74, 6) is 0. The van der Waals surface area contributed by atoms with Gasteiger partial charge in [-0.15, -0.1) is 22.7 Å². The number of aliphatic hydroxyl groups is 1. The van der Waals surface area contributed by atoms with Gasteiger partial charge in [0.25, 0.3) is 0 Å². The molecule has 20 heavy (non-hydrogen) atoms. The topological polar surface area (TPSA) is 36.4 Å². The van der Waals surface area contributed by atoms with Crippen molar-refractivity contribution in [1.29, 1.82) is 0 Å². The number of likely N-dealkylation sites (N-methyl/N-ethyl adjacent to an activating group) is 1. The fraction of sp³-hybridized carbons (Fsp3) is 0.533. The van der Waals surface area contributed by atoms with Gasteiger partial charge in [-0.05, 0) is 31.3 Å². The SMILES string of the molecule is CN(Cc1csc(-c2cccs2)n1)CC1(O)CCCC1. The number of rotatable bonds is 5. The first-order valence-electron chi connectivity index (χ1n) is 7.04.